The van der Waals surface area contributed by atoms with Crippen molar-refractivity contribution in [3.63, 3.8) is 0 Å². The maximum Gasteiger partial charge on any atom is 0.145 e. The fraction of sp³-hybridized carbons (Fsp3) is 0.429. The summed E-state index contributed by atoms with van der Waals surface area (Å²) < 4.78 is 1.77. The van der Waals surface area contributed by atoms with Gasteiger partial charge in [-0.1, -0.05) is 32.9 Å². The van der Waals surface area contributed by atoms with Crippen molar-refractivity contribution < 1.29 is 0 Å². The molecule has 0 amide bonds. The summed E-state index contributed by atoms with van der Waals surface area (Å²) in [4.78, 5) is 4.18. The second-order valence-electron chi connectivity index (χ2n) is 5.48. The van der Waals surface area contributed by atoms with Gasteiger partial charge in [-0.3, -0.25) is 4.68 Å². The van der Waals surface area contributed by atoms with Crippen molar-refractivity contribution in [2.24, 2.45) is 7.05 Å². The highest BCUT2D eigenvalue weighted by Gasteiger charge is 2.12. The smallest absolute Gasteiger partial charge is 0.145 e. The number of aryl methyl sites for hydroxylation is 1. The van der Waals surface area contributed by atoms with Crippen molar-refractivity contribution in [2.45, 2.75) is 32.7 Å². The highest BCUT2D eigenvalue weighted by molar-refractivity contribution is 5.45. The van der Waals surface area contributed by atoms with Gasteiger partial charge in [-0.05, 0) is 23.1 Å². The van der Waals surface area contributed by atoms with Crippen molar-refractivity contribution in [1.29, 1.82) is 0 Å². The third kappa shape index (κ3) is 2.88. The second-order valence-corrected chi connectivity index (χ2v) is 5.48. The van der Waals surface area contributed by atoms with Crippen LogP contribution in [0.15, 0.2) is 30.6 Å². The minimum Gasteiger partial charge on any atom is -0.378 e. The molecule has 0 spiro atoms. The number of aromatic nitrogens is 3. The highest BCUT2D eigenvalue weighted by atomic mass is 15.3. The van der Waals surface area contributed by atoms with Crippen molar-refractivity contribution >= 4 is 5.69 Å². The number of hydrogen-bond acceptors (Lipinski definition) is 3. The van der Waals surface area contributed by atoms with E-state index in [1.807, 2.05) is 7.05 Å². The molecular weight excluding hydrogens is 224 g/mol. The molecule has 2 rings (SSSR count). The van der Waals surface area contributed by atoms with E-state index in [1.165, 1.54) is 5.56 Å². The SMILES string of the molecule is Cn1ncnc1CNc1ccc(C(C)(C)C)cc1. The first kappa shape index (κ1) is 12.6. The summed E-state index contributed by atoms with van der Waals surface area (Å²) >= 11 is 0. The Morgan fingerprint density at radius 3 is 2.33 bits per heavy atom. The lowest BCUT2D eigenvalue weighted by Gasteiger charge is -2.19. The number of anilines is 1. The van der Waals surface area contributed by atoms with Gasteiger partial charge in [0.05, 0.1) is 6.54 Å². The molecule has 1 aromatic carbocycles. The second kappa shape index (κ2) is 4.80. The highest BCUT2D eigenvalue weighted by Crippen LogP contribution is 2.23. The first-order chi connectivity index (χ1) is 8.47. The predicted octanol–water partition coefficient (Wildman–Crippen LogP) is 2.72. The maximum atomic E-state index is 4.18. The van der Waals surface area contributed by atoms with E-state index < -0.39 is 0 Å². The van der Waals surface area contributed by atoms with Gasteiger partial charge >= 0.3 is 0 Å². The van der Waals surface area contributed by atoms with E-state index >= 15 is 0 Å². The molecule has 1 heterocycles. The van der Waals surface area contributed by atoms with Crippen molar-refractivity contribution in [3.8, 4) is 0 Å². The summed E-state index contributed by atoms with van der Waals surface area (Å²) in [6.45, 7) is 7.34. The molecule has 0 saturated carbocycles. The van der Waals surface area contributed by atoms with Crippen molar-refractivity contribution in [2.75, 3.05) is 5.32 Å². The van der Waals surface area contributed by atoms with E-state index in [9.17, 15) is 0 Å². The number of rotatable bonds is 3. The van der Waals surface area contributed by atoms with Crippen LogP contribution in [-0.2, 0) is 19.0 Å². The number of nitrogens with zero attached hydrogens (tertiary/aromatic N) is 3. The molecule has 1 N–H and O–H groups in total. The van der Waals surface area contributed by atoms with Gasteiger partial charge in [-0.2, -0.15) is 5.10 Å². The first-order valence-electron chi connectivity index (χ1n) is 6.14. The standard InChI is InChI=1S/C14H20N4/c1-14(2,3)11-5-7-12(8-6-11)15-9-13-16-10-17-18(13)4/h5-8,10,15H,9H2,1-4H3. The van der Waals surface area contributed by atoms with Gasteiger partial charge in [0.15, 0.2) is 0 Å². The zero-order valence-corrected chi connectivity index (χ0v) is 11.4. The van der Waals surface area contributed by atoms with E-state index in [-0.39, 0.29) is 5.41 Å². The van der Waals surface area contributed by atoms with Crippen LogP contribution in [0.2, 0.25) is 0 Å². The number of nitrogens with one attached hydrogen (secondary N) is 1. The Morgan fingerprint density at radius 2 is 1.83 bits per heavy atom. The van der Waals surface area contributed by atoms with Gasteiger partial charge in [-0.25, -0.2) is 4.98 Å². The molecule has 0 aliphatic heterocycles. The molecule has 4 nitrogen and oxygen atoms in total. The lowest BCUT2D eigenvalue weighted by molar-refractivity contribution is 0.590. The molecule has 0 fully saturated rings. The van der Waals surface area contributed by atoms with Gasteiger partial charge in [0, 0.05) is 12.7 Å². The van der Waals surface area contributed by atoms with Crippen molar-refractivity contribution in [3.05, 3.63) is 42.0 Å². The van der Waals surface area contributed by atoms with E-state index in [1.54, 1.807) is 11.0 Å². The first-order valence-corrected chi connectivity index (χ1v) is 6.14. The summed E-state index contributed by atoms with van der Waals surface area (Å²) in [6.07, 6.45) is 1.57. The Kier molecular flexibility index (Phi) is 3.36. The van der Waals surface area contributed by atoms with Crippen LogP contribution >= 0.6 is 0 Å². The molecule has 18 heavy (non-hydrogen) atoms. The quantitative estimate of drug-likeness (QED) is 0.902. The fourth-order valence-corrected chi connectivity index (χ4v) is 1.75. The van der Waals surface area contributed by atoms with Crippen LogP contribution in [0.5, 0.6) is 0 Å². The molecule has 0 aliphatic rings. The fourth-order valence-electron chi connectivity index (χ4n) is 1.75. The third-order valence-corrected chi connectivity index (χ3v) is 3.01. The molecule has 0 aliphatic carbocycles. The molecule has 0 bridgehead atoms. The van der Waals surface area contributed by atoms with E-state index in [2.05, 4.69) is 60.4 Å². The molecule has 2 aromatic rings. The maximum absolute atomic E-state index is 4.18. The lowest BCUT2D eigenvalue weighted by Crippen LogP contribution is -2.11. The van der Waals surface area contributed by atoms with E-state index in [4.69, 9.17) is 0 Å². The van der Waals surface area contributed by atoms with Gasteiger partial charge in [0.25, 0.3) is 0 Å². The van der Waals surface area contributed by atoms with Gasteiger partial charge in [-0.15, -0.1) is 0 Å². The Bertz CT molecular complexity index is 505. The van der Waals surface area contributed by atoms with E-state index in [0.29, 0.717) is 6.54 Å². The predicted molar refractivity (Wildman–Crippen MR) is 73.5 cm³/mol. The molecule has 0 radical (unpaired) electrons. The zero-order valence-electron chi connectivity index (χ0n) is 11.4. The molecular formula is C14H20N4. The number of hydrogen-bond donors (Lipinski definition) is 1. The average Bonchev–Trinajstić information content (AvgIpc) is 2.72. The lowest BCUT2D eigenvalue weighted by atomic mass is 9.87. The van der Waals surface area contributed by atoms with Gasteiger partial charge < -0.3 is 5.32 Å². The van der Waals surface area contributed by atoms with Gasteiger partial charge in [0.2, 0.25) is 0 Å². The summed E-state index contributed by atoms with van der Waals surface area (Å²) in [5.74, 6) is 0.926. The topological polar surface area (TPSA) is 42.7 Å². The summed E-state index contributed by atoms with van der Waals surface area (Å²) in [5, 5.41) is 7.38. The Morgan fingerprint density at radius 1 is 1.17 bits per heavy atom. The Balaban J connectivity index is 2.01. The molecule has 0 unspecified atom stereocenters. The average molecular weight is 244 g/mol. The van der Waals surface area contributed by atoms with Crippen LogP contribution in [0.3, 0.4) is 0 Å². The Labute approximate surface area is 108 Å². The van der Waals surface area contributed by atoms with Crippen LogP contribution in [0.4, 0.5) is 5.69 Å². The third-order valence-electron chi connectivity index (χ3n) is 3.01. The number of benzene rings is 1. The van der Waals surface area contributed by atoms with Crippen LogP contribution < -0.4 is 5.32 Å². The molecule has 96 valence electrons. The van der Waals surface area contributed by atoms with Crippen LogP contribution in [0, 0.1) is 0 Å². The normalized spacial score (nSPS) is 11.6. The summed E-state index contributed by atoms with van der Waals surface area (Å²) in [6, 6.07) is 8.55. The molecule has 1 aromatic heterocycles. The largest absolute Gasteiger partial charge is 0.378 e. The molecule has 0 atom stereocenters. The molecule has 4 heteroatoms. The van der Waals surface area contributed by atoms with Crippen LogP contribution in [-0.4, -0.2) is 14.8 Å². The minimum absolute atomic E-state index is 0.197. The monoisotopic (exact) mass is 244 g/mol. The zero-order chi connectivity index (χ0) is 13.2. The minimum atomic E-state index is 0.197. The van der Waals surface area contributed by atoms with Crippen LogP contribution in [0.25, 0.3) is 0 Å². The molecule has 0 saturated heterocycles. The van der Waals surface area contributed by atoms with Crippen molar-refractivity contribution in [1.82, 2.24) is 14.8 Å². The summed E-state index contributed by atoms with van der Waals surface area (Å²) in [7, 11) is 1.90. The Hall–Kier alpha value is -1.84. The van der Waals surface area contributed by atoms with E-state index in [0.717, 1.165) is 11.5 Å². The van der Waals surface area contributed by atoms with Gasteiger partial charge in [0.1, 0.15) is 12.2 Å². The van der Waals surface area contributed by atoms with Crippen LogP contribution in [0.1, 0.15) is 32.2 Å². The summed E-state index contributed by atoms with van der Waals surface area (Å²) in [5.41, 5.74) is 2.64.